The average molecular weight is 308 g/mol. The zero-order valence-electron chi connectivity index (χ0n) is 12.5. The quantitative estimate of drug-likeness (QED) is 0.596. The van der Waals surface area contributed by atoms with Gasteiger partial charge in [0.05, 0.1) is 0 Å². The van der Waals surface area contributed by atoms with Crippen LogP contribution in [0.15, 0.2) is 27.5 Å². The number of nitrogens with one attached hydrogen (secondary N) is 2. The highest BCUT2D eigenvalue weighted by molar-refractivity contribution is 7.99. The normalized spacial score (nSPS) is 11.2. The Labute approximate surface area is 127 Å². The highest BCUT2D eigenvalue weighted by Gasteiger charge is 2.13. The van der Waals surface area contributed by atoms with Crippen LogP contribution in [0.3, 0.4) is 0 Å². The number of H-pyrrole nitrogens is 1. The van der Waals surface area contributed by atoms with E-state index in [0.717, 1.165) is 25.1 Å². The van der Waals surface area contributed by atoms with Crippen LogP contribution in [-0.4, -0.2) is 31.3 Å². The number of rotatable bonds is 7. The van der Waals surface area contributed by atoms with Gasteiger partial charge < -0.3 is 5.32 Å². The summed E-state index contributed by atoms with van der Waals surface area (Å²) < 4.78 is 1.59. The van der Waals surface area contributed by atoms with E-state index in [1.807, 2.05) is 13.8 Å². The van der Waals surface area contributed by atoms with Crippen LogP contribution in [0, 0.1) is 0 Å². The van der Waals surface area contributed by atoms with Gasteiger partial charge in [-0.15, -0.1) is 5.10 Å². The summed E-state index contributed by atoms with van der Waals surface area (Å²) in [4.78, 5) is 20.3. The molecule has 0 saturated heterocycles. The van der Waals surface area contributed by atoms with Crippen LogP contribution in [0.2, 0.25) is 0 Å². The number of aromatic amines is 1. The van der Waals surface area contributed by atoms with Gasteiger partial charge in [-0.05, 0) is 38.6 Å². The molecule has 0 radical (unpaired) electrons. The van der Waals surface area contributed by atoms with Gasteiger partial charge >= 0.3 is 5.69 Å². The van der Waals surface area contributed by atoms with Gasteiger partial charge in [-0.25, -0.2) is 19.9 Å². The minimum atomic E-state index is -0.215. The number of hydrogen-bond donors (Lipinski definition) is 2. The maximum Gasteiger partial charge on any atom is 0.344 e. The molecular formula is C13H20N6OS. The van der Waals surface area contributed by atoms with Crippen LogP contribution in [-0.2, 0) is 6.54 Å². The first kappa shape index (κ1) is 15.7. The molecule has 114 valence electrons. The summed E-state index contributed by atoms with van der Waals surface area (Å²) in [5.74, 6) is 0. The molecule has 0 aromatic carbocycles. The maximum atomic E-state index is 11.7. The monoisotopic (exact) mass is 308 g/mol. The fourth-order valence-electron chi connectivity index (χ4n) is 1.80. The summed E-state index contributed by atoms with van der Waals surface area (Å²) in [5.41, 5.74) is 0.823. The lowest BCUT2D eigenvalue weighted by Gasteiger charge is -2.07. The van der Waals surface area contributed by atoms with Crippen molar-refractivity contribution in [2.75, 3.05) is 6.54 Å². The van der Waals surface area contributed by atoms with E-state index in [2.05, 4.69) is 32.4 Å². The highest BCUT2D eigenvalue weighted by atomic mass is 32.2. The Kier molecular flexibility index (Phi) is 5.51. The second-order valence-electron chi connectivity index (χ2n) is 4.93. The minimum absolute atomic E-state index is 0.0382. The van der Waals surface area contributed by atoms with Crippen molar-refractivity contribution in [1.29, 1.82) is 0 Å². The van der Waals surface area contributed by atoms with Gasteiger partial charge in [0.25, 0.3) is 0 Å². The van der Waals surface area contributed by atoms with Crippen LogP contribution in [0.1, 0.15) is 38.8 Å². The van der Waals surface area contributed by atoms with Crippen LogP contribution in [0.5, 0.6) is 0 Å². The largest absolute Gasteiger partial charge is 0.344 e. The Bertz CT molecular complexity index is 618. The van der Waals surface area contributed by atoms with Crippen molar-refractivity contribution < 1.29 is 0 Å². The number of nitrogens with zero attached hydrogens (tertiary/aromatic N) is 4. The second kappa shape index (κ2) is 7.37. The van der Waals surface area contributed by atoms with E-state index in [-0.39, 0.29) is 11.7 Å². The molecule has 0 amide bonds. The molecule has 0 unspecified atom stereocenters. The molecule has 2 heterocycles. The Morgan fingerprint density at radius 2 is 2.10 bits per heavy atom. The van der Waals surface area contributed by atoms with Crippen molar-refractivity contribution in [3.8, 4) is 0 Å². The SMILES string of the molecule is CCCNCc1cnc(Sc2n[nH]c(=O)n2C(C)C)nc1. The Hall–Kier alpha value is -1.67. The van der Waals surface area contributed by atoms with Crippen LogP contribution in [0.4, 0.5) is 0 Å². The van der Waals surface area contributed by atoms with Gasteiger partial charge in [-0.3, -0.25) is 4.57 Å². The summed E-state index contributed by atoms with van der Waals surface area (Å²) in [6, 6.07) is 0.0382. The third-order valence-electron chi connectivity index (χ3n) is 2.81. The van der Waals surface area contributed by atoms with Crippen LogP contribution >= 0.6 is 11.8 Å². The molecule has 7 nitrogen and oxygen atoms in total. The van der Waals surface area contributed by atoms with Gasteiger partial charge in [-0.1, -0.05) is 6.92 Å². The predicted molar refractivity (Wildman–Crippen MR) is 81.4 cm³/mol. The average Bonchev–Trinajstić information content (AvgIpc) is 2.82. The molecule has 2 N–H and O–H groups in total. The van der Waals surface area contributed by atoms with Crippen LogP contribution in [0.25, 0.3) is 0 Å². The summed E-state index contributed by atoms with van der Waals surface area (Å²) in [7, 11) is 0. The molecule has 0 aliphatic rings. The Morgan fingerprint density at radius 1 is 1.38 bits per heavy atom. The fourth-order valence-corrected chi connectivity index (χ4v) is 2.65. The van der Waals surface area contributed by atoms with Gasteiger partial charge in [0, 0.05) is 30.5 Å². The standard InChI is InChI=1S/C13H20N6OS/c1-4-5-14-6-10-7-15-11(16-8-10)21-13-18-17-12(20)19(13)9(2)3/h7-9,14H,4-6H2,1-3H3,(H,17,20). The highest BCUT2D eigenvalue weighted by Crippen LogP contribution is 2.22. The lowest BCUT2D eigenvalue weighted by Crippen LogP contribution is -2.19. The summed E-state index contributed by atoms with van der Waals surface area (Å²) >= 11 is 1.28. The van der Waals surface area contributed by atoms with Crippen molar-refractivity contribution in [2.24, 2.45) is 0 Å². The Balaban J connectivity index is 2.05. The van der Waals surface area contributed by atoms with E-state index in [9.17, 15) is 4.79 Å². The van der Waals surface area contributed by atoms with E-state index >= 15 is 0 Å². The molecule has 0 spiro atoms. The molecule has 21 heavy (non-hydrogen) atoms. The molecule has 0 aliphatic heterocycles. The Morgan fingerprint density at radius 3 is 2.71 bits per heavy atom. The summed E-state index contributed by atoms with van der Waals surface area (Å²) in [6.07, 6.45) is 4.69. The zero-order valence-corrected chi connectivity index (χ0v) is 13.3. The van der Waals surface area contributed by atoms with Crippen LogP contribution < -0.4 is 11.0 Å². The van der Waals surface area contributed by atoms with Crippen molar-refractivity contribution in [1.82, 2.24) is 30.0 Å². The molecule has 0 saturated carbocycles. The van der Waals surface area contributed by atoms with E-state index < -0.39 is 0 Å². The van der Waals surface area contributed by atoms with Crippen molar-refractivity contribution in [3.05, 3.63) is 28.4 Å². The van der Waals surface area contributed by atoms with E-state index in [1.54, 1.807) is 17.0 Å². The molecular weight excluding hydrogens is 288 g/mol. The lowest BCUT2D eigenvalue weighted by atomic mass is 10.3. The second-order valence-corrected chi connectivity index (χ2v) is 5.86. The molecule has 0 atom stereocenters. The van der Waals surface area contributed by atoms with E-state index in [0.29, 0.717) is 10.3 Å². The lowest BCUT2D eigenvalue weighted by molar-refractivity contribution is 0.533. The smallest absolute Gasteiger partial charge is 0.313 e. The first-order chi connectivity index (χ1) is 10.1. The minimum Gasteiger partial charge on any atom is -0.313 e. The molecule has 2 rings (SSSR count). The molecule has 2 aromatic heterocycles. The molecule has 0 fully saturated rings. The summed E-state index contributed by atoms with van der Waals surface area (Å²) in [5, 5.41) is 10.9. The van der Waals surface area contributed by atoms with Crippen molar-refractivity contribution >= 4 is 11.8 Å². The van der Waals surface area contributed by atoms with Gasteiger partial charge in [0.2, 0.25) is 0 Å². The van der Waals surface area contributed by atoms with Crippen molar-refractivity contribution in [2.45, 2.75) is 50.1 Å². The van der Waals surface area contributed by atoms with Crippen molar-refractivity contribution in [3.63, 3.8) is 0 Å². The van der Waals surface area contributed by atoms with E-state index in [1.165, 1.54) is 11.8 Å². The van der Waals surface area contributed by atoms with Gasteiger partial charge in [0.1, 0.15) is 0 Å². The molecule has 8 heteroatoms. The van der Waals surface area contributed by atoms with Gasteiger partial charge in [-0.2, -0.15) is 0 Å². The third kappa shape index (κ3) is 4.15. The molecule has 0 bridgehead atoms. The first-order valence-electron chi connectivity index (χ1n) is 6.98. The number of hydrogen-bond acceptors (Lipinski definition) is 6. The van der Waals surface area contributed by atoms with Gasteiger partial charge in [0.15, 0.2) is 10.3 Å². The maximum absolute atomic E-state index is 11.7. The predicted octanol–water partition coefficient (Wildman–Crippen LogP) is 1.59. The molecule has 2 aromatic rings. The topological polar surface area (TPSA) is 88.5 Å². The summed E-state index contributed by atoms with van der Waals surface area (Å²) in [6.45, 7) is 7.73. The first-order valence-corrected chi connectivity index (χ1v) is 7.79. The molecule has 0 aliphatic carbocycles. The third-order valence-corrected chi connectivity index (χ3v) is 3.67. The zero-order chi connectivity index (χ0) is 15.2. The number of aromatic nitrogens is 5. The van der Waals surface area contributed by atoms with E-state index in [4.69, 9.17) is 0 Å². The fraction of sp³-hybridized carbons (Fsp3) is 0.538.